The monoisotopic (exact) mass is 355 g/mol. The number of carbonyl (C=O) groups is 2. The molecule has 2 saturated carbocycles. The van der Waals surface area contributed by atoms with Gasteiger partial charge in [0.25, 0.3) is 0 Å². The lowest BCUT2D eigenvalue weighted by Crippen LogP contribution is -2.63. The van der Waals surface area contributed by atoms with E-state index in [-0.39, 0.29) is 29.4 Å². The van der Waals surface area contributed by atoms with Gasteiger partial charge in [0.1, 0.15) is 6.10 Å². The number of ether oxygens (including phenoxy) is 2. The van der Waals surface area contributed by atoms with E-state index in [1.54, 1.807) is 6.92 Å². The van der Waals surface area contributed by atoms with Crippen LogP contribution in [0, 0.1) is 11.8 Å². The van der Waals surface area contributed by atoms with E-state index in [9.17, 15) is 9.59 Å². The normalized spacial score (nSPS) is 35.9. The Labute approximate surface area is 153 Å². The van der Waals surface area contributed by atoms with E-state index in [1.165, 1.54) is 30.9 Å². The Morgan fingerprint density at radius 3 is 2.85 bits per heavy atom. The fourth-order valence-electron chi connectivity index (χ4n) is 6.52. The number of esters is 1. The van der Waals surface area contributed by atoms with Gasteiger partial charge in [-0.1, -0.05) is 12.5 Å². The van der Waals surface area contributed by atoms with Crippen LogP contribution >= 0.6 is 0 Å². The molecule has 0 saturated heterocycles. The van der Waals surface area contributed by atoms with Crippen molar-refractivity contribution in [1.29, 1.82) is 0 Å². The SMILES string of the molecule is CC(=O)N[C@H]1CCC2[C@@H]3CCC[C@@]24c2c(ccc(OC(C)=O)c2O[C@@H]14)C3. The summed E-state index contributed by atoms with van der Waals surface area (Å²) in [7, 11) is 0. The molecule has 1 spiro atoms. The van der Waals surface area contributed by atoms with Crippen LogP contribution in [0.4, 0.5) is 0 Å². The fourth-order valence-corrected chi connectivity index (χ4v) is 6.52. The zero-order valence-corrected chi connectivity index (χ0v) is 15.3. The predicted molar refractivity (Wildman–Crippen MR) is 95.2 cm³/mol. The summed E-state index contributed by atoms with van der Waals surface area (Å²) < 4.78 is 12.0. The number of nitrogens with one attached hydrogen (secondary N) is 1. The summed E-state index contributed by atoms with van der Waals surface area (Å²) in [5.74, 6) is 2.26. The van der Waals surface area contributed by atoms with Gasteiger partial charge in [-0.3, -0.25) is 9.59 Å². The Bertz CT molecular complexity index is 803. The van der Waals surface area contributed by atoms with Gasteiger partial charge < -0.3 is 14.8 Å². The van der Waals surface area contributed by atoms with Crippen LogP contribution in [0.15, 0.2) is 12.1 Å². The summed E-state index contributed by atoms with van der Waals surface area (Å²) in [6, 6.07) is 4.03. The molecule has 1 amide bonds. The third kappa shape index (κ3) is 2.03. The number of benzene rings is 1. The van der Waals surface area contributed by atoms with Crippen molar-refractivity contribution in [2.45, 2.75) is 69.9 Å². The summed E-state index contributed by atoms with van der Waals surface area (Å²) in [5.41, 5.74) is 2.59. The molecule has 5 atom stereocenters. The second-order valence-electron chi connectivity index (χ2n) is 8.45. The molecule has 1 aliphatic heterocycles. The smallest absolute Gasteiger partial charge is 0.308 e. The first-order valence-electron chi connectivity index (χ1n) is 9.79. The van der Waals surface area contributed by atoms with E-state index in [1.807, 2.05) is 6.07 Å². The number of carbonyl (C=O) groups excluding carboxylic acids is 2. The topological polar surface area (TPSA) is 64.6 Å². The van der Waals surface area contributed by atoms with E-state index >= 15 is 0 Å². The lowest BCUT2D eigenvalue weighted by atomic mass is 9.48. The summed E-state index contributed by atoms with van der Waals surface area (Å²) in [6.45, 7) is 3.00. The first-order chi connectivity index (χ1) is 12.5. The molecule has 5 rings (SSSR count). The van der Waals surface area contributed by atoms with Gasteiger partial charge in [-0.15, -0.1) is 0 Å². The van der Waals surface area contributed by atoms with Crippen LogP contribution in [0.25, 0.3) is 0 Å². The van der Waals surface area contributed by atoms with Gasteiger partial charge in [0.15, 0.2) is 11.5 Å². The molecule has 0 aromatic heterocycles. The summed E-state index contributed by atoms with van der Waals surface area (Å²) >= 11 is 0. The largest absolute Gasteiger partial charge is 0.483 e. The van der Waals surface area contributed by atoms with Crippen LogP contribution in [-0.4, -0.2) is 24.0 Å². The molecule has 2 bridgehead atoms. The van der Waals surface area contributed by atoms with Crippen LogP contribution in [0.1, 0.15) is 57.1 Å². The van der Waals surface area contributed by atoms with Crippen molar-refractivity contribution in [3.05, 3.63) is 23.3 Å². The second kappa shape index (κ2) is 5.48. The van der Waals surface area contributed by atoms with Crippen LogP contribution in [0.3, 0.4) is 0 Å². The highest BCUT2D eigenvalue weighted by atomic mass is 16.6. The van der Waals surface area contributed by atoms with Gasteiger partial charge in [0, 0.05) is 24.8 Å². The predicted octanol–water partition coefficient (Wildman–Crippen LogP) is 2.88. The van der Waals surface area contributed by atoms with E-state index in [2.05, 4.69) is 11.4 Å². The van der Waals surface area contributed by atoms with Crippen molar-refractivity contribution >= 4 is 11.9 Å². The maximum atomic E-state index is 11.8. The van der Waals surface area contributed by atoms with Crippen LogP contribution in [-0.2, 0) is 21.4 Å². The van der Waals surface area contributed by atoms with Crippen LogP contribution in [0.2, 0.25) is 0 Å². The van der Waals surface area contributed by atoms with Crippen molar-refractivity contribution in [2.75, 3.05) is 0 Å². The van der Waals surface area contributed by atoms with Crippen LogP contribution < -0.4 is 14.8 Å². The number of amides is 1. The van der Waals surface area contributed by atoms with Crippen molar-refractivity contribution in [1.82, 2.24) is 5.32 Å². The number of hydrogen-bond donors (Lipinski definition) is 1. The second-order valence-corrected chi connectivity index (χ2v) is 8.45. The third-order valence-corrected chi connectivity index (χ3v) is 7.10. The Morgan fingerprint density at radius 1 is 1.23 bits per heavy atom. The molecule has 5 nitrogen and oxygen atoms in total. The summed E-state index contributed by atoms with van der Waals surface area (Å²) in [6.07, 6.45) is 6.70. The van der Waals surface area contributed by atoms with Gasteiger partial charge in [-0.05, 0) is 55.6 Å². The maximum Gasteiger partial charge on any atom is 0.308 e. The van der Waals surface area contributed by atoms with Gasteiger partial charge in [-0.25, -0.2) is 0 Å². The van der Waals surface area contributed by atoms with E-state index in [0.29, 0.717) is 17.6 Å². The van der Waals surface area contributed by atoms with Gasteiger partial charge in [0.05, 0.1) is 6.04 Å². The lowest BCUT2D eigenvalue weighted by molar-refractivity contribution is -0.132. The molecule has 0 radical (unpaired) electrons. The zero-order chi connectivity index (χ0) is 18.1. The van der Waals surface area contributed by atoms with Crippen molar-refractivity contribution in [3.63, 3.8) is 0 Å². The van der Waals surface area contributed by atoms with E-state index in [4.69, 9.17) is 9.47 Å². The third-order valence-electron chi connectivity index (χ3n) is 7.10. The lowest BCUT2D eigenvalue weighted by Gasteiger charge is -2.56. The molecule has 138 valence electrons. The van der Waals surface area contributed by atoms with Gasteiger partial charge >= 0.3 is 5.97 Å². The Morgan fingerprint density at radius 2 is 2.08 bits per heavy atom. The molecule has 1 unspecified atom stereocenters. The van der Waals surface area contributed by atoms with Gasteiger partial charge in [0.2, 0.25) is 5.91 Å². The molecular formula is C21H25NO4. The molecule has 4 aliphatic rings. The molecule has 1 aromatic rings. The molecule has 1 aromatic carbocycles. The summed E-state index contributed by atoms with van der Waals surface area (Å²) in [5, 5.41) is 3.14. The van der Waals surface area contributed by atoms with Crippen LogP contribution in [0.5, 0.6) is 11.5 Å². The minimum atomic E-state index is -0.329. The molecule has 5 heteroatoms. The quantitative estimate of drug-likeness (QED) is 0.654. The molecule has 2 fully saturated rings. The fraction of sp³-hybridized carbons (Fsp3) is 0.619. The first kappa shape index (κ1) is 16.2. The highest BCUT2D eigenvalue weighted by Gasteiger charge is 2.64. The number of hydrogen-bond acceptors (Lipinski definition) is 4. The maximum absolute atomic E-state index is 11.8. The highest BCUT2D eigenvalue weighted by Crippen LogP contribution is 2.65. The Kier molecular flexibility index (Phi) is 3.40. The first-order valence-corrected chi connectivity index (χ1v) is 9.79. The zero-order valence-electron chi connectivity index (χ0n) is 15.3. The molecular weight excluding hydrogens is 330 g/mol. The number of rotatable bonds is 2. The molecule has 1 N–H and O–H groups in total. The minimum Gasteiger partial charge on any atom is -0.483 e. The van der Waals surface area contributed by atoms with Crippen molar-refractivity contribution in [2.24, 2.45) is 11.8 Å². The summed E-state index contributed by atoms with van der Waals surface area (Å²) in [4.78, 5) is 23.4. The molecule has 3 aliphatic carbocycles. The van der Waals surface area contributed by atoms with Crippen molar-refractivity contribution < 1.29 is 19.1 Å². The highest BCUT2D eigenvalue weighted by molar-refractivity contribution is 5.74. The molecule has 26 heavy (non-hydrogen) atoms. The minimum absolute atomic E-state index is 0.00647. The Balaban J connectivity index is 1.68. The Hall–Kier alpha value is -2.04. The average molecular weight is 355 g/mol. The average Bonchev–Trinajstić information content (AvgIpc) is 2.91. The van der Waals surface area contributed by atoms with Crippen molar-refractivity contribution in [3.8, 4) is 11.5 Å². The van der Waals surface area contributed by atoms with Gasteiger partial charge in [-0.2, -0.15) is 0 Å². The molecule has 1 heterocycles. The van der Waals surface area contributed by atoms with E-state index in [0.717, 1.165) is 31.4 Å². The standard InChI is InChI=1S/C21H25NO4/c1-11(23)22-16-7-6-15-13-4-3-9-21(15)18-14(10-13)5-8-17(25-12(2)24)19(18)26-20(16)21/h5,8,13,15-16,20H,3-4,6-7,9-10H2,1-2H3,(H,22,23)/t13-,15?,16+,20+,21+/m1/s1. The van der Waals surface area contributed by atoms with E-state index < -0.39 is 0 Å².